The monoisotopic (exact) mass is 353 g/mol. The van der Waals surface area contributed by atoms with Crippen LogP contribution in [0.5, 0.6) is 0 Å². The molecule has 10 heteroatoms. The van der Waals surface area contributed by atoms with Crippen molar-refractivity contribution in [3.05, 3.63) is 57.6 Å². The SMILES string of the molecule is [N-]=[N+]=NCc1cc2cc(Cl)cc(Cn3cnc4c(N)ncnc43)c2[nH]1. The van der Waals surface area contributed by atoms with Crippen LogP contribution in [-0.2, 0) is 13.1 Å². The molecule has 0 unspecified atom stereocenters. The van der Waals surface area contributed by atoms with Gasteiger partial charge in [-0.25, -0.2) is 15.0 Å². The summed E-state index contributed by atoms with van der Waals surface area (Å²) in [7, 11) is 0. The summed E-state index contributed by atoms with van der Waals surface area (Å²) in [6, 6.07) is 5.67. The van der Waals surface area contributed by atoms with E-state index in [1.54, 1.807) is 6.33 Å². The number of nitrogens with zero attached hydrogens (tertiary/aromatic N) is 7. The van der Waals surface area contributed by atoms with Crippen LogP contribution in [0.25, 0.3) is 32.5 Å². The van der Waals surface area contributed by atoms with Gasteiger partial charge in [0, 0.05) is 21.0 Å². The van der Waals surface area contributed by atoms with Crippen LogP contribution in [0.1, 0.15) is 11.3 Å². The Balaban J connectivity index is 1.81. The van der Waals surface area contributed by atoms with Crippen molar-refractivity contribution in [2.24, 2.45) is 5.11 Å². The lowest BCUT2D eigenvalue weighted by atomic mass is 10.1. The summed E-state index contributed by atoms with van der Waals surface area (Å²) < 4.78 is 1.88. The molecule has 0 aliphatic carbocycles. The van der Waals surface area contributed by atoms with E-state index >= 15 is 0 Å². The molecular formula is C15H12ClN9. The molecular weight excluding hydrogens is 342 g/mol. The number of benzene rings is 1. The maximum atomic E-state index is 8.49. The third kappa shape index (κ3) is 2.71. The van der Waals surface area contributed by atoms with Gasteiger partial charge in [-0.05, 0) is 29.3 Å². The largest absolute Gasteiger partial charge is 0.382 e. The number of fused-ring (bicyclic) bond motifs is 2. The number of H-pyrrole nitrogens is 1. The Morgan fingerprint density at radius 1 is 1.28 bits per heavy atom. The predicted octanol–water partition coefficient (Wildman–Crippen LogP) is 3.40. The number of aromatic nitrogens is 5. The number of nitrogens with one attached hydrogen (secondary N) is 1. The van der Waals surface area contributed by atoms with Gasteiger partial charge in [0.15, 0.2) is 11.5 Å². The minimum absolute atomic E-state index is 0.250. The highest BCUT2D eigenvalue weighted by atomic mass is 35.5. The summed E-state index contributed by atoms with van der Waals surface area (Å²) in [5.41, 5.74) is 18.2. The highest BCUT2D eigenvalue weighted by Crippen LogP contribution is 2.26. The van der Waals surface area contributed by atoms with Crippen LogP contribution >= 0.6 is 11.6 Å². The Labute approximate surface area is 146 Å². The Bertz CT molecular complexity index is 1140. The number of imidazole rings is 1. The lowest BCUT2D eigenvalue weighted by Gasteiger charge is -2.07. The number of nitrogen functional groups attached to an aromatic ring is 1. The standard InChI is InChI=1S/C15H12ClN9/c16-10-1-8-3-11(4-22-24-18)23-12(8)9(2-10)5-25-7-21-13-14(17)19-6-20-15(13)25/h1-3,6-7,23H,4-5H2,(H2,17,19,20). The number of hydrogen-bond acceptors (Lipinski definition) is 5. The topological polar surface area (TPSA) is 134 Å². The van der Waals surface area contributed by atoms with Gasteiger partial charge in [0.2, 0.25) is 0 Å². The Hall–Kier alpha value is -3.29. The highest BCUT2D eigenvalue weighted by molar-refractivity contribution is 6.31. The quantitative estimate of drug-likeness (QED) is 0.330. The molecule has 25 heavy (non-hydrogen) atoms. The van der Waals surface area contributed by atoms with Crippen molar-refractivity contribution in [3.63, 3.8) is 0 Å². The Morgan fingerprint density at radius 2 is 2.16 bits per heavy atom. The first-order valence-corrected chi connectivity index (χ1v) is 7.75. The molecule has 0 aliphatic heterocycles. The first-order valence-electron chi connectivity index (χ1n) is 7.38. The molecule has 0 fully saturated rings. The van der Waals surface area contributed by atoms with Crippen molar-refractivity contribution < 1.29 is 0 Å². The van der Waals surface area contributed by atoms with E-state index in [-0.39, 0.29) is 6.54 Å². The van der Waals surface area contributed by atoms with E-state index in [1.165, 1.54) is 6.33 Å². The number of rotatable bonds is 4. The second-order valence-electron chi connectivity index (χ2n) is 5.52. The molecule has 0 saturated heterocycles. The number of aromatic amines is 1. The maximum Gasteiger partial charge on any atom is 0.165 e. The first-order chi connectivity index (χ1) is 12.2. The van der Waals surface area contributed by atoms with Crippen molar-refractivity contribution in [1.29, 1.82) is 0 Å². The number of anilines is 1. The van der Waals surface area contributed by atoms with Gasteiger partial charge in [0.05, 0.1) is 24.9 Å². The average molecular weight is 354 g/mol. The van der Waals surface area contributed by atoms with Crippen molar-refractivity contribution in [3.8, 4) is 0 Å². The van der Waals surface area contributed by atoms with Gasteiger partial charge in [0.25, 0.3) is 0 Å². The highest BCUT2D eigenvalue weighted by Gasteiger charge is 2.12. The van der Waals surface area contributed by atoms with Crippen molar-refractivity contribution in [2.45, 2.75) is 13.1 Å². The van der Waals surface area contributed by atoms with E-state index in [4.69, 9.17) is 22.9 Å². The second-order valence-corrected chi connectivity index (χ2v) is 5.95. The second kappa shape index (κ2) is 5.97. The lowest BCUT2D eigenvalue weighted by molar-refractivity contribution is 0.816. The molecule has 3 aromatic heterocycles. The van der Waals surface area contributed by atoms with Crippen LogP contribution in [0.15, 0.2) is 36.0 Å². The van der Waals surface area contributed by atoms with E-state index < -0.39 is 0 Å². The molecule has 0 atom stereocenters. The van der Waals surface area contributed by atoms with Gasteiger partial charge < -0.3 is 15.3 Å². The fourth-order valence-electron chi connectivity index (χ4n) is 2.85. The van der Waals surface area contributed by atoms with E-state index in [0.29, 0.717) is 28.5 Å². The van der Waals surface area contributed by atoms with E-state index in [1.807, 2.05) is 22.8 Å². The van der Waals surface area contributed by atoms with Gasteiger partial charge in [-0.3, -0.25) is 0 Å². The van der Waals surface area contributed by atoms with Crippen LogP contribution in [0, 0.1) is 0 Å². The van der Waals surface area contributed by atoms with Gasteiger partial charge in [-0.1, -0.05) is 16.7 Å². The molecule has 1 aromatic carbocycles. The minimum atomic E-state index is 0.250. The van der Waals surface area contributed by atoms with Gasteiger partial charge in [-0.15, -0.1) is 0 Å². The number of azide groups is 1. The minimum Gasteiger partial charge on any atom is -0.382 e. The third-order valence-electron chi connectivity index (χ3n) is 3.91. The van der Waals surface area contributed by atoms with Crippen LogP contribution < -0.4 is 5.73 Å². The summed E-state index contributed by atoms with van der Waals surface area (Å²) in [6.07, 6.45) is 3.09. The van der Waals surface area contributed by atoms with E-state index in [0.717, 1.165) is 22.2 Å². The van der Waals surface area contributed by atoms with Crippen molar-refractivity contribution in [1.82, 2.24) is 24.5 Å². The summed E-state index contributed by atoms with van der Waals surface area (Å²) in [6.45, 7) is 0.755. The molecule has 0 radical (unpaired) electrons. The maximum absolute atomic E-state index is 8.49. The Morgan fingerprint density at radius 3 is 3.00 bits per heavy atom. The summed E-state index contributed by atoms with van der Waals surface area (Å²) in [4.78, 5) is 18.6. The van der Waals surface area contributed by atoms with Crippen molar-refractivity contribution >= 4 is 39.5 Å². The zero-order chi connectivity index (χ0) is 17.4. The molecule has 3 N–H and O–H groups in total. The van der Waals surface area contributed by atoms with Crippen molar-refractivity contribution in [2.75, 3.05) is 5.73 Å². The molecule has 9 nitrogen and oxygen atoms in total. The zero-order valence-corrected chi connectivity index (χ0v) is 13.6. The average Bonchev–Trinajstić information content (AvgIpc) is 3.18. The Kier molecular flexibility index (Phi) is 3.64. The first kappa shape index (κ1) is 15.3. The summed E-state index contributed by atoms with van der Waals surface area (Å²) >= 11 is 6.25. The molecule has 0 amide bonds. The molecule has 124 valence electrons. The molecule has 3 heterocycles. The number of hydrogen-bond donors (Lipinski definition) is 2. The van der Waals surface area contributed by atoms with E-state index in [2.05, 4.69) is 30.0 Å². The van der Waals surface area contributed by atoms with Gasteiger partial charge in [0.1, 0.15) is 11.8 Å². The summed E-state index contributed by atoms with van der Waals surface area (Å²) in [5.74, 6) is 0.344. The van der Waals surface area contributed by atoms with Crippen LogP contribution in [0.4, 0.5) is 5.82 Å². The molecule has 0 saturated carbocycles. The predicted molar refractivity (Wildman–Crippen MR) is 95.0 cm³/mol. The number of nitrogens with two attached hydrogens (primary N) is 1. The van der Waals surface area contributed by atoms with Crippen LogP contribution in [0.3, 0.4) is 0 Å². The molecule has 0 bridgehead atoms. The normalized spacial score (nSPS) is 11.1. The van der Waals surface area contributed by atoms with Gasteiger partial charge in [-0.2, -0.15) is 0 Å². The van der Waals surface area contributed by atoms with Crippen LogP contribution in [0.2, 0.25) is 5.02 Å². The molecule has 4 aromatic rings. The zero-order valence-electron chi connectivity index (χ0n) is 12.9. The third-order valence-corrected chi connectivity index (χ3v) is 4.12. The summed E-state index contributed by atoms with van der Waals surface area (Å²) in [5, 5.41) is 5.16. The lowest BCUT2D eigenvalue weighted by Crippen LogP contribution is -2.01. The fourth-order valence-corrected chi connectivity index (χ4v) is 3.10. The molecule has 0 aliphatic rings. The smallest absolute Gasteiger partial charge is 0.165 e. The van der Waals surface area contributed by atoms with Gasteiger partial charge >= 0.3 is 0 Å². The fraction of sp³-hybridized carbons (Fsp3) is 0.133. The number of halogens is 1. The van der Waals surface area contributed by atoms with E-state index in [9.17, 15) is 0 Å². The molecule has 0 spiro atoms. The molecule has 4 rings (SSSR count). The van der Waals surface area contributed by atoms with Crippen LogP contribution in [-0.4, -0.2) is 24.5 Å².